The maximum atomic E-state index is 12.6. The van der Waals surface area contributed by atoms with E-state index < -0.39 is 0 Å². The molecule has 0 saturated carbocycles. The maximum Gasteiger partial charge on any atom is 0.230 e. The van der Waals surface area contributed by atoms with Crippen LogP contribution in [0.2, 0.25) is 0 Å². The third-order valence-corrected chi connectivity index (χ3v) is 4.04. The Labute approximate surface area is 123 Å². The van der Waals surface area contributed by atoms with Crippen molar-refractivity contribution in [2.24, 2.45) is 0 Å². The summed E-state index contributed by atoms with van der Waals surface area (Å²) in [4.78, 5) is 14.8. The van der Waals surface area contributed by atoms with Gasteiger partial charge in [-0.3, -0.25) is 4.79 Å². The van der Waals surface area contributed by atoms with Crippen molar-refractivity contribution >= 4 is 5.91 Å². The number of nitrogens with zero attached hydrogens (tertiary/aromatic N) is 1. The first-order chi connectivity index (χ1) is 9.56. The molecule has 1 N–H and O–H groups in total. The predicted molar refractivity (Wildman–Crippen MR) is 84.9 cm³/mol. The Kier molecular flexibility index (Phi) is 6.73. The van der Waals surface area contributed by atoms with Gasteiger partial charge in [0.25, 0.3) is 0 Å². The molecule has 0 aliphatic carbocycles. The van der Waals surface area contributed by atoms with Gasteiger partial charge in [0.05, 0.1) is 5.41 Å². The van der Waals surface area contributed by atoms with Crippen molar-refractivity contribution in [3.05, 3.63) is 35.9 Å². The van der Waals surface area contributed by atoms with Crippen molar-refractivity contribution in [3.63, 3.8) is 0 Å². The normalized spacial score (nSPS) is 11.7. The zero-order valence-electron chi connectivity index (χ0n) is 13.3. The van der Waals surface area contributed by atoms with Gasteiger partial charge in [-0.1, -0.05) is 44.2 Å². The second-order valence-corrected chi connectivity index (χ2v) is 5.57. The van der Waals surface area contributed by atoms with Crippen LogP contribution in [0.5, 0.6) is 0 Å². The highest BCUT2D eigenvalue weighted by Crippen LogP contribution is 2.31. The van der Waals surface area contributed by atoms with Gasteiger partial charge in [-0.2, -0.15) is 0 Å². The number of carbonyl (C=O) groups is 1. The molecule has 3 nitrogen and oxygen atoms in total. The van der Waals surface area contributed by atoms with Crippen LogP contribution in [0.25, 0.3) is 0 Å². The third kappa shape index (κ3) is 4.07. The first kappa shape index (κ1) is 16.7. The molecule has 20 heavy (non-hydrogen) atoms. The van der Waals surface area contributed by atoms with E-state index in [0.717, 1.165) is 37.9 Å². The molecule has 0 unspecified atom stereocenters. The molecule has 0 aliphatic rings. The minimum absolute atomic E-state index is 0.160. The van der Waals surface area contributed by atoms with Gasteiger partial charge in [-0.05, 0) is 45.5 Å². The van der Waals surface area contributed by atoms with Gasteiger partial charge >= 0.3 is 0 Å². The summed E-state index contributed by atoms with van der Waals surface area (Å²) in [6.07, 6.45) is 2.64. The van der Waals surface area contributed by atoms with Crippen LogP contribution in [-0.2, 0) is 10.2 Å². The Morgan fingerprint density at radius 1 is 1.15 bits per heavy atom. The van der Waals surface area contributed by atoms with E-state index >= 15 is 0 Å². The maximum absolute atomic E-state index is 12.6. The molecule has 0 fully saturated rings. The number of amides is 1. The molecule has 0 aliphatic heterocycles. The minimum atomic E-state index is -0.390. The first-order valence-electron chi connectivity index (χ1n) is 7.55. The summed E-state index contributed by atoms with van der Waals surface area (Å²) in [5.74, 6) is 0.160. The monoisotopic (exact) mass is 276 g/mol. The van der Waals surface area contributed by atoms with E-state index in [1.54, 1.807) is 0 Å². The second-order valence-electron chi connectivity index (χ2n) is 5.57. The highest BCUT2D eigenvalue weighted by molar-refractivity contribution is 5.88. The number of nitrogens with one attached hydrogen (secondary N) is 1. The Hall–Kier alpha value is -1.35. The van der Waals surface area contributed by atoms with Crippen molar-refractivity contribution in [2.75, 3.05) is 27.2 Å². The van der Waals surface area contributed by atoms with Gasteiger partial charge < -0.3 is 10.2 Å². The molecule has 0 atom stereocenters. The zero-order chi connectivity index (χ0) is 15.0. The van der Waals surface area contributed by atoms with Crippen LogP contribution in [0.15, 0.2) is 30.3 Å². The molecule has 1 amide bonds. The third-order valence-electron chi connectivity index (χ3n) is 4.04. The van der Waals surface area contributed by atoms with Crippen LogP contribution in [0, 0.1) is 0 Å². The summed E-state index contributed by atoms with van der Waals surface area (Å²) >= 11 is 0. The molecular formula is C17H28N2O. The molecular weight excluding hydrogens is 248 g/mol. The molecule has 0 radical (unpaired) electrons. The zero-order valence-corrected chi connectivity index (χ0v) is 13.3. The lowest BCUT2D eigenvalue weighted by atomic mass is 9.75. The molecule has 0 spiro atoms. The van der Waals surface area contributed by atoms with Gasteiger partial charge in [0.1, 0.15) is 0 Å². The van der Waals surface area contributed by atoms with E-state index in [1.807, 2.05) is 32.3 Å². The number of carbonyl (C=O) groups excluding carboxylic acids is 1. The molecule has 0 heterocycles. The van der Waals surface area contributed by atoms with E-state index in [1.165, 1.54) is 0 Å². The van der Waals surface area contributed by atoms with Crippen LogP contribution < -0.4 is 5.32 Å². The Bertz CT molecular complexity index is 397. The standard InChI is InChI=1S/C17H28N2O/c1-5-17(6-2,15-11-8-7-9-12-15)16(20)18-13-10-14-19(3)4/h7-9,11-12H,5-6,10,13-14H2,1-4H3,(H,18,20). The number of hydrogen-bond acceptors (Lipinski definition) is 2. The van der Waals surface area contributed by atoms with Gasteiger partial charge in [-0.15, -0.1) is 0 Å². The average Bonchev–Trinajstić information content (AvgIpc) is 2.46. The van der Waals surface area contributed by atoms with Crippen LogP contribution in [0.4, 0.5) is 0 Å². The lowest BCUT2D eigenvalue weighted by Gasteiger charge is -2.31. The van der Waals surface area contributed by atoms with E-state index in [0.29, 0.717) is 0 Å². The number of benzene rings is 1. The van der Waals surface area contributed by atoms with Crippen molar-refractivity contribution < 1.29 is 4.79 Å². The summed E-state index contributed by atoms with van der Waals surface area (Å²) in [6, 6.07) is 10.1. The average molecular weight is 276 g/mol. The van der Waals surface area contributed by atoms with E-state index in [4.69, 9.17) is 0 Å². The SMILES string of the molecule is CCC(CC)(C(=O)NCCCN(C)C)c1ccccc1. The topological polar surface area (TPSA) is 32.3 Å². The lowest BCUT2D eigenvalue weighted by molar-refractivity contribution is -0.127. The predicted octanol–water partition coefficient (Wildman–Crippen LogP) is 2.81. The second kappa shape index (κ2) is 8.05. The fraction of sp³-hybridized carbons (Fsp3) is 0.588. The highest BCUT2D eigenvalue weighted by Gasteiger charge is 2.36. The van der Waals surface area contributed by atoms with Gasteiger partial charge in [0, 0.05) is 6.54 Å². The Morgan fingerprint density at radius 2 is 1.75 bits per heavy atom. The lowest BCUT2D eigenvalue weighted by Crippen LogP contribution is -2.44. The van der Waals surface area contributed by atoms with E-state index in [2.05, 4.69) is 36.2 Å². The summed E-state index contributed by atoms with van der Waals surface area (Å²) in [5, 5.41) is 3.11. The van der Waals surface area contributed by atoms with Gasteiger partial charge in [0.15, 0.2) is 0 Å². The smallest absolute Gasteiger partial charge is 0.230 e. The summed E-state index contributed by atoms with van der Waals surface area (Å²) in [5.41, 5.74) is 0.731. The Morgan fingerprint density at radius 3 is 2.25 bits per heavy atom. The van der Waals surface area contributed by atoms with Crippen LogP contribution in [0.3, 0.4) is 0 Å². The quantitative estimate of drug-likeness (QED) is 0.741. The van der Waals surface area contributed by atoms with Crippen molar-refractivity contribution in [3.8, 4) is 0 Å². The molecule has 112 valence electrons. The van der Waals surface area contributed by atoms with Crippen LogP contribution in [0.1, 0.15) is 38.7 Å². The largest absolute Gasteiger partial charge is 0.355 e. The van der Waals surface area contributed by atoms with Crippen LogP contribution >= 0.6 is 0 Å². The number of hydrogen-bond donors (Lipinski definition) is 1. The van der Waals surface area contributed by atoms with Crippen molar-refractivity contribution in [1.29, 1.82) is 0 Å². The summed E-state index contributed by atoms with van der Waals surface area (Å²) in [7, 11) is 4.10. The molecule has 0 aromatic heterocycles. The molecule has 1 aromatic carbocycles. The minimum Gasteiger partial charge on any atom is -0.355 e. The summed E-state index contributed by atoms with van der Waals surface area (Å²) in [6.45, 7) is 5.92. The fourth-order valence-electron chi connectivity index (χ4n) is 2.63. The fourth-order valence-corrected chi connectivity index (χ4v) is 2.63. The molecule has 1 rings (SSSR count). The molecule has 1 aromatic rings. The first-order valence-corrected chi connectivity index (χ1v) is 7.55. The van der Waals surface area contributed by atoms with E-state index in [9.17, 15) is 4.79 Å². The van der Waals surface area contributed by atoms with Crippen LogP contribution in [-0.4, -0.2) is 38.0 Å². The van der Waals surface area contributed by atoms with E-state index in [-0.39, 0.29) is 11.3 Å². The summed E-state index contributed by atoms with van der Waals surface area (Å²) < 4.78 is 0. The molecule has 0 saturated heterocycles. The molecule has 0 bridgehead atoms. The molecule has 3 heteroatoms. The Balaban J connectivity index is 2.73. The van der Waals surface area contributed by atoms with Crippen molar-refractivity contribution in [1.82, 2.24) is 10.2 Å². The number of rotatable bonds is 8. The highest BCUT2D eigenvalue weighted by atomic mass is 16.2. The van der Waals surface area contributed by atoms with Gasteiger partial charge in [0.2, 0.25) is 5.91 Å². The van der Waals surface area contributed by atoms with Gasteiger partial charge in [-0.25, -0.2) is 0 Å². The van der Waals surface area contributed by atoms with Crippen molar-refractivity contribution in [2.45, 2.75) is 38.5 Å².